The summed E-state index contributed by atoms with van der Waals surface area (Å²) < 4.78 is 2.17. The minimum Gasteiger partial charge on any atom is -0.330 e. The zero-order valence-corrected chi connectivity index (χ0v) is 12.8. The molecule has 1 N–H and O–H groups in total. The third-order valence-electron chi connectivity index (χ3n) is 4.10. The number of benzene rings is 1. The van der Waals surface area contributed by atoms with E-state index in [0.29, 0.717) is 6.04 Å². The highest BCUT2D eigenvalue weighted by atomic mass is 16.1. The van der Waals surface area contributed by atoms with Crippen LogP contribution >= 0.6 is 0 Å². The van der Waals surface area contributed by atoms with Crippen molar-refractivity contribution in [3.05, 3.63) is 65.0 Å². The summed E-state index contributed by atoms with van der Waals surface area (Å²) in [4.78, 5) is 18.4. The molecule has 4 heteroatoms. The van der Waals surface area contributed by atoms with Gasteiger partial charge in [-0.15, -0.1) is 0 Å². The summed E-state index contributed by atoms with van der Waals surface area (Å²) in [7, 11) is 0. The summed E-state index contributed by atoms with van der Waals surface area (Å²) in [5.41, 5.74) is 2.08. The molecule has 0 aliphatic rings. The Morgan fingerprint density at radius 2 is 2.14 bits per heavy atom. The molecule has 2 heterocycles. The van der Waals surface area contributed by atoms with Gasteiger partial charge in [0.2, 0.25) is 5.56 Å². The highest BCUT2D eigenvalue weighted by molar-refractivity contribution is 5.79. The lowest BCUT2D eigenvalue weighted by Crippen LogP contribution is -2.09. The van der Waals surface area contributed by atoms with Crippen molar-refractivity contribution in [1.29, 1.82) is 0 Å². The highest BCUT2D eigenvalue weighted by Gasteiger charge is 2.13. The number of unbranched alkanes of at least 4 members (excludes halogenated alkanes) is 2. The van der Waals surface area contributed by atoms with Crippen molar-refractivity contribution in [3.63, 3.8) is 0 Å². The molecule has 22 heavy (non-hydrogen) atoms. The Bertz CT molecular complexity index is 789. The van der Waals surface area contributed by atoms with E-state index in [0.717, 1.165) is 17.3 Å². The van der Waals surface area contributed by atoms with Gasteiger partial charge in [0.05, 0.1) is 12.4 Å². The van der Waals surface area contributed by atoms with Crippen molar-refractivity contribution in [2.75, 3.05) is 0 Å². The zero-order valence-electron chi connectivity index (χ0n) is 12.8. The second-order valence-electron chi connectivity index (χ2n) is 5.69. The quantitative estimate of drug-likeness (QED) is 0.701. The van der Waals surface area contributed by atoms with Crippen LogP contribution in [-0.4, -0.2) is 14.5 Å². The average molecular weight is 295 g/mol. The molecule has 4 nitrogen and oxygen atoms in total. The number of H-pyrrole nitrogens is 1. The van der Waals surface area contributed by atoms with Crippen molar-refractivity contribution in [1.82, 2.24) is 14.5 Å². The van der Waals surface area contributed by atoms with Gasteiger partial charge in [0.15, 0.2) is 0 Å². The van der Waals surface area contributed by atoms with E-state index in [2.05, 4.69) is 33.6 Å². The Hall–Kier alpha value is -2.36. The summed E-state index contributed by atoms with van der Waals surface area (Å²) in [5.74, 6) is 0. The van der Waals surface area contributed by atoms with Crippen LogP contribution < -0.4 is 5.56 Å². The van der Waals surface area contributed by atoms with E-state index >= 15 is 0 Å². The normalized spacial score (nSPS) is 12.6. The molecular formula is C18H21N3O. The first-order valence-electron chi connectivity index (χ1n) is 7.88. The van der Waals surface area contributed by atoms with E-state index in [1.165, 1.54) is 24.8 Å². The fraction of sp³-hybridized carbons (Fsp3) is 0.333. The second kappa shape index (κ2) is 6.60. The first-order chi connectivity index (χ1) is 10.8. The number of aromatic nitrogens is 3. The Morgan fingerprint density at radius 1 is 1.23 bits per heavy atom. The van der Waals surface area contributed by atoms with Crippen molar-refractivity contribution in [2.24, 2.45) is 0 Å². The van der Waals surface area contributed by atoms with Gasteiger partial charge in [-0.25, -0.2) is 4.98 Å². The number of hydrogen-bond donors (Lipinski definition) is 1. The van der Waals surface area contributed by atoms with Crippen LogP contribution in [0.25, 0.3) is 10.9 Å². The third-order valence-corrected chi connectivity index (χ3v) is 4.10. The van der Waals surface area contributed by atoms with Crippen molar-refractivity contribution >= 4 is 10.9 Å². The number of pyridine rings is 1. The minimum absolute atomic E-state index is 0.0608. The maximum atomic E-state index is 11.4. The molecule has 3 aromatic rings. The van der Waals surface area contributed by atoms with Crippen LogP contribution in [-0.2, 0) is 0 Å². The van der Waals surface area contributed by atoms with E-state index < -0.39 is 0 Å². The van der Waals surface area contributed by atoms with Crippen LogP contribution in [0.2, 0.25) is 0 Å². The van der Waals surface area contributed by atoms with Crippen molar-refractivity contribution < 1.29 is 0 Å². The van der Waals surface area contributed by atoms with Crippen molar-refractivity contribution in [3.8, 4) is 0 Å². The average Bonchev–Trinajstić information content (AvgIpc) is 3.05. The van der Waals surface area contributed by atoms with Gasteiger partial charge < -0.3 is 9.55 Å². The van der Waals surface area contributed by atoms with Crippen LogP contribution in [0.3, 0.4) is 0 Å². The SMILES string of the molecule is CCCCCC(c1ccc2[nH]c(=O)ccc2c1)n1ccnc1. The predicted octanol–water partition coefficient (Wildman–Crippen LogP) is 3.89. The van der Waals surface area contributed by atoms with Gasteiger partial charge >= 0.3 is 0 Å². The zero-order chi connectivity index (χ0) is 15.4. The number of fused-ring (bicyclic) bond motifs is 1. The van der Waals surface area contributed by atoms with E-state index in [-0.39, 0.29) is 5.56 Å². The maximum absolute atomic E-state index is 11.4. The van der Waals surface area contributed by atoms with Gasteiger partial charge in [0.1, 0.15) is 0 Å². The third kappa shape index (κ3) is 3.11. The molecule has 0 fully saturated rings. The second-order valence-corrected chi connectivity index (χ2v) is 5.69. The molecule has 0 amide bonds. The summed E-state index contributed by atoms with van der Waals surface area (Å²) >= 11 is 0. The Balaban J connectivity index is 1.96. The lowest BCUT2D eigenvalue weighted by molar-refractivity contribution is 0.505. The van der Waals surface area contributed by atoms with Crippen LogP contribution in [0.5, 0.6) is 0 Å². The molecule has 0 aliphatic carbocycles. The lowest BCUT2D eigenvalue weighted by Gasteiger charge is -2.19. The summed E-state index contributed by atoms with van der Waals surface area (Å²) in [6, 6.07) is 10.0. The van der Waals surface area contributed by atoms with Crippen LogP contribution in [0.1, 0.15) is 44.2 Å². The molecule has 0 saturated carbocycles. The molecule has 0 radical (unpaired) electrons. The topological polar surface area (TPSA) is 50.7 Å². The van der Waals surface area contributed by atoms with Gasteiger partial charge in [-0.3, -0.25) is 4.79 Å². The maximum Gasteiger partial charge on any atom is 0.248 e. The molecule has 1 unspecified atom stereocenters. The first kappa shape index (κ1) is 14.6. The Labute approximate surface area is 129 Å². The molecule has 1 aromatic carbocycles. The van der Waals surface area contributed by atoms with Gasteiger partial charge in [-0.05, 0) is 35.6 Å². The molecular weight excluding hydrogens is 274 g/mol. The number of nitrogens with zero attached hydrogens (tertiary/aromatic N) is 2. The van der Waals surface area contributed by atoms with Crippen LogP contribution in [0, 0.1) is 0 Å². The number of imidazole rings is 1. The summed E-state index contributed by atoms with van der Waals surface area (Å²) in [5, 5.41) is 1.07. The van der Waals surface area contributed by atoms with Gasteiger partial charge in [0.25, 0.3) is 0 Å². The van der Waals surface area contributed by atoms with E-state index in [4.69, 9.17) is 0 Å². The number of nitrogens with one attached hydrogen (secondary N) is 1. The number of hydrogen-bond acceptors (Lipinski definition) is 2. The van der Waals surface area contributed by atoms with Crippen molar-refractivity contribution in [2.45, 2.75) is 38.6 Å². The van der Waals surface area contributed by atoms with Crippen LogP contribution in [0.4, 0.5) is 0 Å². The van der Waals surface area contributed by atoms with Gasteiger partial charge in [-0.2, -0.15) is 0 Å². The van der Waals surface area contributed by atoms with E-state index in [9.17, 15) is 4.79 Å². The Morgan fingerprint density at radius 3 is 2.91 bits per heavy atom. The molecule has 114 valence electrons. The Kier molecular flexibility index (Phi) is 4.37. The number of aromatic amines is 1. The lowest BCUT2D eigenvalue weighted by atomic mass is 9.98. The summed E-state index contributed by atoms with van der Waals surface area (Å²) in [6.07, 6.45) is 10.5. The first-order valence-corrected chi connectivity index (χ1v) is 7.88. The molecule has 3 rings (SSSR count). The predicted molar refractivity (Wildman–Crippen MR) is 89.1 cm³/mol. The van der Waals surface area contributed by atoms with E-state index in [1.54, 1.807) is 6.07 Å². The molecule has 0 saturated heterocycles. The van der Waals surface area contributed by atoms with Gasteiger partial charge in [-0.1, -0.05) is 32.3 Å². The fourth-order valence-electron chi connectivity index (χ4n) is 2.91. The van der Waals surface area contributed by atoms with Crippen LogP contribution in [0.15, 0.2) is 53.8 Å². The fourth-order valence-corrected chi connectivity index (χ4v) is 2.91. The standard InChI is InChI=1S/C18H21N3O/c1-2-3-4-5-17(21-11-10-19-13-21)15-6-8-16-14(12-15)7-9-18(22)20-16/h6-13,17H,2-5H2,1H3,(H,20,22). The molecule has 0 spiro atoms. The van der Waals surface area contributed by atoms with E-state index in [1.807, 2.05) is 30.9 Å². The molecule has 2 aromatic heterocycles. The largest absolute Gasteiger partial charge is 0.330 e. The summed E-state index contributed by atoms with van der Waals surface area (Å²) in [6.45, 7) is 2.22. The highest BCUT2D eigenvalue weighted by Crippen LogP contribution is 2.26. The smallest absolute Gasteiger partial charge is 0.248 e. The molecule has 1 atom stereocenters. The molecule has 0 bridgehead atoms. The monoisotopic (exact) mass is 295 g/mol. The number of rotatable bonds is 6. The minimum atomic E-state index is -0.0608. The van der Waals surface area contributed by atoms with Gasteiger partial charge in [0, 0.05) is 24.0 Å². The molecule has 0 aliphatic heterocycles.